The van der Waals surface area contributed by atoms with Crippen molar-refractivity contribution in [1.82, 2.24) is 0 Å². The summed E-state index contributed by atoms with van der Waals surface area (Å²) in [7, 11) is 0. The SMILES string of the molecule is CC[C@@H](Nc1ccc(C#N)c(C(F)(F)F)c1)c1ccccc1. The van der Waals surface area contributed by atoms with Crippen molar-refractivity contribution in [1.29, 1.82) is 5.26 Å². The molecule has 114 valence electrons. The van der Waals surface area contributed by atoms with Gasteiger partial charge in [-0.3, -0.25) is 0 Å². The summed E-state index contributed by atoms with van der Waals surface area (Å²) < 4.78 is 38.9. The summed E-state index contributed by atoms with van der Waals surface area (Å²) in [6.07, 6.45) is -3.82. The highest BCUT2D eigenvalue weighted by atomic mass is 19.4. The number of nitrogens with zero attached hydrogens (tertiary/aromatic N) is 1. The van der Waals surface area contributed by atoms with Crippen molar-refractivity contribution < 1.29 is 13.2 Å². The quantitative estimate of drug-likeness (QED) is 0.849. The molecule has 0 aliphatic rings. The zero-order valence-corrected chi connectivity index (χ0v) is 12.0. The molecule has 0 aliphatic heterocycles. The van der Waals surface area contributed by atoms with E-state index in [4.69, 9.17) is 5.26 Å². The first-order chi connectivity index (χ1) is 10.5. The van der Waals surface area contributed by atoms with Crippen molar-refractivity contribution in [3.63, 3.8) is 0 Å². The second-order valence-electron chi connectivity index (χ2n) is 4.89. The highest BCUT2D eigenvalue weighted by Crippen LogP contribution is 2.34. The van der Waals surface area contributed by atoms with Gasteiger partial charge < -0.3 is 5.32 Å². The summed E-state index contributed by atoms with van der Waals surface area (Å²) in [6, 6.07) is 14.7. The van der Waals surface area contributed by atoms with Crippen LogP contribution >= 0.6 is 0 Å². The fraction of sp³-hybridized carbons (Fsp3) is 0.235. The second kappa shape index (κ2) is 6.52. The maximum Gasteiger partial charge on any atom is 0.417 e. The first-order valence-electron chi connectivity index (χ1n) is 6.88. The molecule has 0 radical (unpaired) electrons. The van der Waals surface area contributed by atoms with Crippen molar-refractivity contribution in [3.8, 4) is 6.07 Å². The Labute approximate surface area is 127 Å². The molecule has 0 saturated carbocycles. The molecule has 2 aromatic rings. The summed E-state index contributed by atoms with van der Waals surface area (Å²) in [5, 5.41) is 11.9. The van der Waals surface area contributed by atoms with Crippen molar-refractivity contribution in [2.24, 2.45) is 0 Å². The van der Waals surface area contributed by atoms with Gasteiger partial charge in [-0.05, 0) is 30.2 Å². The van der Waals surface area contributed by atoms with Crippen molar-refractivity contribution in [3.05, 3.63) is 65.2 Å². The Morgan fingerprint density at radius 2 is 1.82 bits per heavy atom. The Bertz CT molecular complexity index is 673. The van der Waals surface area contributed by atoms with E-state index in [0.29, 0.717) is 5.69 Å². The lowest BCUT2D eigenvalue weighted by Crippen LogP contribution is -2.12. The lowest BCUT2D eigenvalue weighted by atomic mass is 10.0. The Balaban J connectivity index is 2.32. The summed E-state index contributed by atoms with van der Waals surface area (Å²) >= 11 is 0. The molecule has 0 heterocycles. The molecule has 0 spiro atoms. The fourth-order valence-corrected chi connectivity index (χ4v) is 2.27. The third-order valence-corrected chi connectivity index (χ3v) is 3.40. The van der Waals surface area contributed by atoms with E-state index < -0.39 is 11.7 Å². The predicted octanol–water partition coefficient (Wildman–Crippen LogP) is 5.14. The minimum Gasteiger partial charge on any atom is -0.378 e. The van der Waals surface area contributed by atoms with Crippen LogP contribution < -0.4 is 5.32 Å². The van der Waals surface area contributed by atoms with Crippen molar-refractivity contribution >= 4 is 5.69 Å². The molecule has 0 unspecified atom stereocenters. The molecule has 2 nitrogen and oxygen atoms in total. The smallest absolute Gasteiger partial charge is 0.378 e. The maximum atomic E-state index is 13.0. The van der Waals surface area contributed by atoms with Crippen LogP contribution in [0.5, 0.6) is 0 Å². The Morgan fingerprint density at radius 3 is 2.36 bits per heavy atom. The van der Waals surface area contributed by atoms with Gasteiger partial charge in [0.2, 0.25) is 0 Å². The third kappa shape index (κ3) is 3.59. The molecule has 1 atom stereocenters. The van der Waals surface area contributed by atoms with Gasteiger partial charge in [0, 0.05) is 5.69 Å². The van der Waals surface area contributed by atoms with E-state index in [-0.39, 0.29) is 11.6 Å². The topological polar surface area (TPSA) is 35.8 Å². The molecule has 22 heavy (non-hydrogen) atoms. The molecule has 0 aliphatic carbocycles. The molecule has 0 fully saturated rings. The molecule has 1 N–H and O–H groups in total. The molecule has 0 bridgehead atoms. The van der Waals surface area contributed by atoms with Crippen LogP contribution in [0, 0.1) is 11.3 Å². The molecule has 0 amide bonds. The van der Waals surface area contributed by atoms with Gasteiger partial charge in [-0.15, -0.1) is 0 Å². The van der Waals surface area contributed by atoms with Gasteiger partial charge >= 0.3 is 6.18 Å². The normalized spacial score (nSPS) is 12.5. The van der Waals surface area contributed by atoms with E-state index in [9.17, 15) is 13.2 Å². The van der Waals surface area contributed by atoms with E-state index in [1.54, 1.807) is 6.07 Å². The second-order valence-corrected chi connectivity index (χ2v) is 4.89. The van der Waals surface area contributed by atoms with Crippen LogP contribution in [0.4, 0.5) is 18.9 Å². The van der Waals surface area contributed by atoms with Crippen LogP contribution in [-0.2, 0) is 6.18 Å². The van der Waals surface area contributed by atoms with Gasteiger partial charge in [0.25, 0.3) is 0 Å². The van der Waals surface area contributed by atoms with Crippen molar-refractivity contribution in [2.75, 3.05) is 5.32 Å². The van der Waals surface area contributed by atoms with Crippen molar-refractivity contribution in [2.45, 2.75) is 25.6 Å². The summed E-state index contributed by atoms with van der Waals surface area (Å²) in [6.45, 7) is 1.96. The molecule has 0 aromatic heterocycles. The van der Waals surface area contributed by atoms with Gasteiger partial charge in [-0.1, -0.05) is 37.3 Å². The van der Waals surface area contributed by atoms with E-state index in [1.165, 1.54) is 12.1 Å². The van der Waals surface area contributed by atoms with Crippen LogP contribution in [0.2, 0.25) is 0 Å². The maximum absolute atomic E-state index is 13.0. The van der Waals surface area contributed by atoms with Crippen LogP contribution in [0.1, 0.15) is 36.1 Å². The van der Waals surface area contributed by atoms with Gasteiger partial charge in [-0.2, -0.15) is 18.4 Å². The monoisotopic (exact) mass is 304 g/mol. The molecule has 2 aromatic carbocycles. The average Bonchev–Trinajstić information content (AvgIpc) is 2.52. The van der Waals surface area contributed by atoms with Crippen LogP contribution in [0.3, 0.4) is 0 Å². The number of hydrogen-bond acceptors (Lipinski definition) is 2. The summed E-state index contributed by atoms with van der Waals surface area (Å²) in [5.41, 5.74) is 0.0682. The van der Waals surface area contributed by atoms with E-state index in [2.05, 4.69) is 5.32 Å². The van der Waals surface area contributed by atoms with Crippen LogP contribution in [-0.4, -0.2) is 0 Å². The van der Waals surface area contributed by atoms with Gasteiger partial charge in [0.1, 0.15) is 0 Å². The first-order valence-corrected chi connectivity index (χ1v) is 6.88. The number of nitrogens with one attached hydrogen (secondary N) is 1. The van der Waals surface area contributed by atoms with E-state index in [0.717, 1.165) is 18.1 Å². The van der Waals surface area contributed by atoms with Gasteiger partial charge in [-0.25, -0.2) is 0 Å². The lowest BCUT2D eigenvalue weighted by Gasteiger charge is -2.20. The Morgan fingerprint density at radius 1 is 1.14 bits per heavy atom. The van der Waals surface area contributed by atoms with Crippen LogP contribution in [0.15, 0.2) is 48.5 Å². The number of hydrogen-bond donors (Lipinski definition) is 1. The minimum atomic E-state index is -4.54. The number of nitriles is 1. The standard InChI is InChI=1S/C17H15F3N2/c1-2-16(12-6-4-3-5-7-12)22-14-9-8-13(11-21)15(10-14)17(18,19)20/h3-10,16,22H,2H2,1H3/t16-/m1/s1. The summed E-state index contributed by atoms with van der Waals surface area (Å²) in [4.78, 5) is 0. The predicted molar refractivity (Wildman–Crippen MR) is 79.3 cm³/mol. The number of alkyl halides is 3. The molecule has 0 saturated heterocycles. The number of rotatable bonds is 4. The summed E-state index contributed by atoms with van der Waals surface area (Å²) in [5.74, 6) is 0. The highest BCUT2D eigenvalue weighted by Gasteiger charge is 2.33. The van der Waals surface area contributed by atoms with E-state index >= 15 is 0 Å². The third-order valence-electron chi connectivity index (χ3n) is 3.40. The zero-order valence-electron chi connectivity index (χ0n) is 12.0. The number of anilines is 1. The molecule has 2 rings (SSSR count). The zero-order chi connectivity index (χ0) is 16.2. The van der Waals surface area contributed by atoms with Gasteiger partial charge in [0.05, 0.1) is 23.2 Å². The minimum absolute atomic E-state index is 0.0878. The van der Waals surface area contributed by atoms with Gasteiger partial charge in [0.15, 0.2) is 0 Å². The molecule has 5 heteroatoms. The lowest BCUT2D eigenvalue weighted by molar-refractivity contribution is -0.137. The van der Waals surface area contributed by atoms with E-state index in [1.807, 2.05) is 37.3 Å². The molecular weight excluding hydrogens is 289 g/mol. The largest absolute Gasteiger partial charge is 0.417 e. The Kier molecular flexibility index (Phi) is 4.71. The number of benzene rings is 2. The Hall–Kier alpha value is -2.48. The molecular formula is C17H15F3N2. The highest BCUT2D eigenvalue weighted by molar-refractivity contribution is 5.54. The number of halogens is 3. The first kappa shape index (κ1) is 15.9. The van der Waals surface area contributed by atoms with Crippen LogP contribution in [0.25, 0.3) is 0 Å². The average molecular weight is 304 g/mol. The fourth-order valence-electron chi connectivity index (χ4n) is 2.27.